The molecule has 4 aliphatic rings. The Morgan fingerprint density at radius 1 is 1.29 bits per heavy atom. The topological polar surface area (TPSA) is 86.5 Å². The van der Waals surface area contributed by atoms with Crippen LogP contribution in [0.5, 0.6) is 0 Å². The van der Waals surface area contributed by atoms with Gasteiger partial charge in [-0.25, -0.2) is 8.78 Å². The van der Waals surface area contributed by atoms with Crippen molar-refractivity contribution in [1.29, 1.82) is 0 Å². The van der Waals surface area contributed by atoms with E-state index in [9.17, 15) is 23.8 Å². The molecule has 1 aliphatic heterocycles. The Bertz CT molecular complexity index is 1250. The van der Waals surface area contributed by atoms with Crippen molar-refractivity contribution < 1.29 is 23.8 Å². The van der Waals surface area contributed by atoms with Crippen molar-refractivity contribution in [3.63, 3.8) is 0 Å². The first-order valence-corrected chi connectivity index (χ1v) is 13.1. The van der Waals surface area contributed by atoms with Gasteiger partial charge in [0, 0.05) is 29.8 Å². The highest BCUT2D eigenvalue weighted by Crippen LogP contribution is 2.78. The molecule has 0 radical (unpaired) electrons. The number of rotatable bonds is 6. The molecule has 3 aliphatic carbocycles. The van der Waals surface area contributed by atoms with Gasteiger partial charge in [-0.2, -0.15) is 0 Å². The maximum atomic E-state index is 13.6. The minimum atomic E-state index is -1.04. The summed E-state index contributed by atoms with van der Waals surface area (Å²) >= 11 is 8.18. The lowest BCUT2D eigenvalue weighted by Gasteiger charge is -2.81. The average molecular weight is 522 g/mol. The van der Waals surface area contributed by atoms with E-state index in [0.717, 1.165) is 48.4 Å². The van der Waals surface area contributed by atoms with Gasteiger partial charge in [0.2, 0.25) is 0 Å². The first-order valence-electron chi connectivity index (χ1n) is 11.9. The average Bonchev–Trinajstić information content (AvgIpc) is 2.92. The monoisotopic (exact) mass is 521 g/mol. The molecule has 5 unspecified atom stereocenters. The third-order valence-electron chi connectivity index (χ3n) is 8.66. The standard InChI is InChI=1S/C25H26ClF2N3O3S/c26-19-21(23(33)29-13-5-6-16(27)17(28)10-13)31-9-3-1-2-4-18(31)22(19)35-30-20-14-7-8-25(14)15(20)11-24(25,34)12-32/h2,4-6,10,14-15,20,30,32,34H,1,3,7-9,11-12H2,(H,29,33). The van der Waals surface area contributed by atoms with Gasteiger partial charge in [-0.05, 0) is 74.1 Å². The quantitative estimate of drug-likeness (QED) is 0.417. The summed E-state index contributed by atoms with van der Waals surface area (Å²) in [5.74, 6) is -1.88. The minimum absolute atomic E-state index is 0.147. The molecule has 1 amide bonds. The fourth-order valence-electron chi connectivity index (χ4n) is 6.85. The van der Waals surface area contributed by atoms with E-state index in [-0.39, 0.29) is 29.4 Å². The van der Waals surface area contributed by atoms with Crippen molar-refractivity contribution in [2.45, 2.75) is 55.2 Å². The van der Waals surface area contributed by atoms with E-state index < -0.39 is 23.1 Å². The molecule has 3 fully saturated rings. The predicted octanol–water partition coefficient (Wildman–Crippen LogP) is 4.60. The number of halogens is 3. The molecule has 0 saturated heterocycles. The Labute approximate surface area is 210 Å². The number of fused-ring (bicyclic) bond motifs is 1. The van der Waals surface area contributed by atoms with E-state index >= 15 is 0 Å². The third kappa shape index (κ3) is 3.21. The predicted molar refractivity (Wildman–Crippen MR) is 130 cm³/mol. The van der Waals surface area contributed by atoms with E-state index in [4.69, 9.17) is 11.6 Å². The van der Waals surface area contributed by atoms with Crippen LogP contribution in [0.3, 0.4) is 0 Å². The molecule has 186 valence electrons. The molecule has 3 saturated carbocycles. The highest BCUT2D eigenvalue weighted by molar-refractivity contribution is 7.97. The van der Waals surface area contributed by atoms with Crippen LogP contribution in [0.25, 0.3) is 6.08 Å². The lowest BCUT2D eigenvalue weighted by Crippen LogP contribution is -2.86. The summed E-state index contributed by atoms with van der Waals surface area (Å²) in [5, 5.41) is 23.4. The Kier molecular flexibility index (Phi) is 5.58. The molecule has 1 spiro atoms. The van der Waals surface area contributed by atoms with Crippen LogP contribution in [0.4, 0.5) is 14.5 Å². The van der Waals surface area contributed by atoms with Crippen molar-refractivity contribution in [2.24, 2.45) is 17.3 Å². The van der Waals surface area contributed by atoms with E-state index in [0.29, 0.717) is 29.8 Å². The molecule has 5 atom stereocenters. The fraction of sp³-hybridized carbons (Fsp3) is 0.480. The third-order valence-corrected chi connectivity index (χ3v) is 10.2. The maximum absolute atomic E-state index is 13.6. The number of nitrogens with one attached hydrogen (secondary N) is 2. The van der Waals surface area contributed by atoms with E-state index in [1.165, 1.54) is 18.0 Å². The van der Waals surface area contributed by atoms with Gasteiger partial charge in [0.25, 0.3) is 5.91 Å². The van der Waals surface area contributed by atoms with Gasteiger partial charge in [0.15, 0.2) is 11.6 Å². The largest absolute Gasteiger partial charge is 0.393 e. The van der Waals surface area contributed by atoms with Crippen molar-refractivity contribution in [3.8, 4) is 0 Å². The molecule has 2 aromatic rings. The van der Waals surface area contributed by atoms with Crippen LogP contribution in [0.2, 0.25) is 5.02 Å². The van der Waals surface area contributed by atoms with E-state index in [2.05, 4.69) is 16.1 Å². The van der Waals surface area contributed by atoms with Crippen molar-refractivity contribution in [1.82, 2.24) is 9.29 Å². The molecule has 0 bridgehead atoms. The molecule has 4 N–H and O–H groups in total. The molecule has 6 nitrogen and oxygen atoms in total. The van der Waals surface area contributed by atoms with Crippen LogP contribution in [-0.4, -0.2) is 38.9 Å². The van der Waals surface area contributed by atoms with Gasteiger partial charge >= 0.3 is 0 Å². The molecule has 6 rings (SSSR count). The second kappa shape index (κ2) is 8.31. The van der Waals surface area contributed by atoms with Gasteiger partial charge in [-0.1, -0.05) is 17.7 Å². The molecule has 10 heteroatoms. The normalized spacial score (nSPS) is 32.3. The summed E-state index contributed by atoms with van der Waals surface area (Å²) in [6, 6.07) is 3.43. The summed E-state index contributed by atoms with van der Waals surface area (Å²) in [7, 11) is 0. The zero-order valence-electron chi connectivity index (χ0n) is 18.9. The second-order valence-corrected chi connectivity index (χ2v) is 11.3. The number of aromatic nitrogens is 1. The Morgan fingerprint density at radius 3 is 2.80 bits per heavy atom. The zero-order valence-corrected chi connectivity index (χ0v) is 20.4. The molecule has 1 aromatic carbocycles. The summed E-state index contributed by atoms with van der Waals surface area (Å²) in [4.78, 5) is 14.0. The van der Waals surface area contributed by atoms with Crippen molar-refractivity contribution in [3.05, 3.63) is 52.3 Å². The number of aliphatic hydroxyl groups is 2. The lowest BCUT2D eigenvalue weighted by molar-refractivity contribution is -0.365. The molecular formula is C25H26ClF2N3O3S. The molecule has 2 heterocycles. The van der Waals surface area contributed by atoms with Crippen LogP contribution in [0.1, 0.15) is 48.3 Å². The van der Waals surface area contributed by atoms with E-state index in [1.54, 1.807) is 0 Å². The minimum Gasteiger partial charge on any atom is -0.393 e. The first-order chi connectivity index (χ1) is 16.8. The summed E-state index contributed by atoms with van der Waals surface area (Å²) in [6.45, 7) is 0.407. The SMILES string of the molecule is O=C(Nc1ccc(F)c(F)c1)c1c(Cl)c(SNC2C3CCC34C2CC4(O)CO)c2n1CCCC=C2. The molecule has 1 aromatic heterocycles. The highest BCUT2D eigenvalue weighted by Gasteiger charge is 2.81. The second-order valence-electron chi connectivity index (χ2n) is 10.1. The zero-order chi connectivity index (χ0) is 24.5. The Hall–Kier alpha value is -1.91. The lowest BCUT2D eigenvalue weighted by atomic mass is 9.26. The number of anilines is 1. The van der Waals surface area contributed by atoms with Crippen LogP contribution in [-0.2, 0) is 6.54 Å². The number of allylic oxidation sites excluding steroid dienone is 1. The fourth-order valence-corrected chi connectivity index (χ4v) is 8.30. The summed E-state index contributed by atoms with van der Waals surface area (Å²) < 4.78 is 32.4. The number of carbonyl (C=O) groups excluding carboxylic acids is 1. The number of hydrogen-bond acceptors (Lipinski definition) is 5. The smallest absolute Gasteiger partial charge is 0.273 e. The first kappa shape index (κ1) is 23.5. The van der Waals surface area contributed by atoms with Gasteiger partial charge in [0.05, 0.1) is 27.8 Å². The molecule has 35 heavy (non-hydrogen) atoms. The van der Waals surface area contributed by atoms with Crippen molar-refractivity contribution >= 4 is 41.2 Å². The van der Waals surface area contributed by atoms with Crippen LogP contribution in [0, 0.1) is 28.9 Å². The number of amides is 1. The van der Waals surface area contributed by atoms with Crippen LogP contribution in [0.15, 0.2) is 29.2 Å². The number of aliphatic hydroxyl groups excluding tert-OH is 1. The van der Waals surface area contributed by atoms with Gasteiger partial charge in [0.1, 0.15) is 5.69 Å². The highest BCUT2D eigenvalue weighted by atomic mass is 35.5. The van der Waals surface area contributed by atoms with Gasteiger partial charge < -0.3 is 20.1 Å². The number of hydrogen-bond donors (Lipinski definition) is 4. The van der Waals surface area contributed by atoms with Crippen molar-refractivity contribution in [2.75, 3.05) is 11.9 Å². The molecular weight excluding hydrogens is 496 g/mol. The summed E-state index contributed by atoms with van der Waals surface area (Å²) in [5.41, 5.74) is 0.153. The summed E-state index contributed by atoms with van der Waals surface area (Å²) in [6.07, 6.45) is 8.29. The maximum Gasteiger partial charge on any atom is 0.273 e. The van der Waals surface area contributed by atoms with Gasteiger partial charge in [-0.3, -0.25) is 9.52 Å². The van der Waals surface area contributed by atoms with E-state index in [1.807, 2.05) is 10.6 Å². The van der Waals surface area contributed by atoms with Crippen LogP contribution >= 0.6 is 23.5 Å². The number of nitrogens with zero attached hydrogens (tertiary/aromatic N) is 1. The number of carbonyl (C=O) groups is 1. The Balaban J connectivity index is 1.25. The van der Waals surface area contributed by atoms with Crippen LogP contribution < -0.4 is 10.0 Å². The number of benzene rings is 1. The Morgan fingerprint density at radius 2 is 2.11 bits per heavy atom. The van der Waals surface area contributed by atoms with Gasteiger partial charge in [-0.15, -0.1) is 0 Å².